The molecule has 1 aliphatic rings. The van der Waals surface area contributed by atoms with Crippen LogP contribution >= 0.6 is 11.6 Å². The Morgan fingerprint density at radius 1 is 1.15 bits per heavy atom. The molecule has 3 rings (SSSR count). The number of primary sulfonamides is 1. The fourth-order valence-corrected chi connectivity index (χ4v) is 3.44. The van der Waals surface area contributed by atoms with E-state index in [2.05, 4.69) is 4.90 Å². The third kappa shape index (κ3) is 5.18. The van der Waals surface area contributed by atoms with Crippen molar-refractivity contribution in [2.45, 2.75) is 11.0 Å². The molecule has 6 nitrogen and oxygen atoms in total. The SMILES string of the molecule is NS(=O)(=O)c1ccc(OCCN2CCOC(c3ccc(Cl)cc3)C2)cc1. The van der Waals surface area contributed by atoms with Gasteiger partial charge in [-0.1, -0.05) is 23.7 Å². The lowest BCUT2D eigenvalue weighted by molar-refractivity contribution is -0.0329. The minimum Gasteiger partial charge on any atom is -0.492 e. The molecule has 0 saturated carbocycles. The zero-order valence-corrected chi connectivity index (χ0v) is 15.7. The van der Waals surface area contributed by atoms with Gasteiger partial charge in [-0.05, 0) is 42.0 Å². The van der Waals surface area contributed by atoms with E-state index >= 15 is 0 Å². The van der Waals surface area contributed by atoms with E-state index in [0.29, 0.717) is 24.0 Å². The molecule has 1 fully saturated rings. The van der Waals surface area contributed by atoms with E-state index < -0.39 is 10.0 Å². The fraction of sp³-hybridized carbons (Fsp3) is 0.333. The first kappa shape index (κ1) is 19.1. The van der Waals surface area contributed by atoms with Crippen molar-refractivity contribution < 1.29 is 17.9 Å². The number of rotatable bonds is 6. The highest BCUT2D eigenvalue weighted by Gasteiger charge is 2.21. The molecule has 26 heavy (non-hydrogen) atoms. The predicted octanol–water partition coefficient (Wildman–Crippen LogP) is 2.44. The van der Waals surface area contributed by atoms with Crippen molar-refractivity contribution in [3.63, 3.8) is 0 Å². The van der Waals surface area contributed by atoms with Crippen LogP contribution in [0.4, 0.5) is 0 Å². The maximum Gasteiger partial charge on any atom is 0.238 e. The molecular weight excluding hydrogens is 376 g/mol. The van der Waals surface area contributed by atoms with Gasteiger partial charge in [-0.25, -0.2) is 13.6 Å². The van der Waals surface area contributed by atoms with E-state index in [-0.39, 0.29) is 11.0 Å². The second kappa shape index (κ2) is 8.37. The van der Waals surface area contributed by atoms with Gasteiger partial charge in [-0.2, -0.15) is 0 Å². The first-order valence-corrected chi connectivity index (χ1v) is 10.2. The van der Waals surface area contributed by atoms with Crippen molar-refractivity contribution in [2.75, 3.05) is 32.8 Å². The number of morpholine rings is 1. The van der Waals surface area contributed by atoms with E-state index in [1.165, 1.54) is 12.1 Å². The van der Waals surface area contributed by atoms with Crippen LogP contribution in [0.1, 0.15) is 11.7 Å². The first-order valence-electron chi connectivity index (χ1n) is 8.27. The summed E-state index contributed by atoms with van der Waals surface area (Å²) >= 11 is 5.93. The highest BCUT2D eigenvalue weighted by Crippen LogP contribution is 2.23. The molecule has 0 bridgehead atoms. The summed E-state index contributed by atoms with van der Waals surface area (Å²) in [7, 11) is -3.68. The zero-order chi connectivity index (χ0) is 18.6. The van der Waals surface area contributed by atoms with Crippen molar-refractivity contribution >= 4 is 21.6 Å². The number of hydrogen-bond acceptors (Lipinski definition) is 5. The molecule has 2 N–H and O–H groups in total. The van der Waals surface area contributed by atoms with E-state index in [0.717, 1.165) is 25.2 Å². The van der Waals surface area contributed by atoms with Crippen LogP contribution in [0.15, 0.2) is 53.4 Å². The van der Waals surface area contributed by atoms with E-state index in [4.69, 9.17) is 26.2 Å². The smallest absolute Gasteiger partial charge is 0.238 e. The molecule has 1 saturated heterocycles. The van der Waals surface area contributed by atoms with Gasteiger partial charge in [0.2, 0.25) is 10.0 Å². The lowest BCUT2D eigenvalue weighted by Crippen LogP contribution is -2.40. The third-order valence-corrected chi connectivity index (χ3v) is 5.40. The van der Waals surface area contributed by atoms with Gasteiger partial charge >= 0.3 is 0 Å². The summed E-state index contributed by atoms with van der Waals surface area (Å²) in [6, 6.07) is 13.8. The standard InChI is InChI=1S/C18H21ClN2O4S/c19-15-3-1-14(2-4-15)18-13-21(10-12-25-18)9-11-24-16-5-7-17(8-6-16)26(20,22)23/h1-8,18H,9-13H2,(H2,20,22,23). The van der Waals surface area contributed by atoms with Gasteiger partial charge in [-0.15, -0.1) is 0 Å². The van der Waals surface area contributed by atoms with Gasteiger partial charge in [0.15, 0.2) is 0 Å². The molecule has 2 aromatic carbocycles. The van der Waals surface area contributed by atoms with Crippen molar-refractivity contribution in [3.8, 4) is 5.75 Å². The second-order valence-corrected chi connectivity index (χ2v) is 8.07. The molecule has 1 heterocycles. The molecule has 0 spiro atoms. The Balaban J connectivity index is 1.49. The molecule has 1 unspecified atom stereocenters. The summed E-state index contributed by atoms with van der Waals surface area (Å²) in [6.45, 7) is 3.55. The molecular formula is C18H21ClN2O4S. The quantitative estimate of drug-likeness (QED) is 0.810. The summed E-state index contributed by atoms with van der Waals surface area (Å²) in [4.78, 5) is 2.35. The Labute approximate surface area is 158 Å². The molecule has 1 atom stereocenters. The number of sulfonamides is 1. The molecule has 0 aliphatic carbocycles. The Bertz CT molecular complexity index is 825. The van der Waals surface area contributed by atoms with Gasteiger partial charge in [-0.3, -0.25) is 4.90 Å². The topological polar surface area (TPSA) is 81.9 Å². The molecule has 2 aromatic rings. The fourth-order valence-electron chi connectivity index (χ4n) is 2.80. The predicted molar refractivity (Wildman–Crippen MR) is 99.9 cm³/mol. The third-order valence-electron chi connectivity index (χ3n) is 4.22. The normalized spacial score (nSPS) is 18.6. The largest absolute Gasteiger partial charge is 0.492 e. The lowest BCUT2D eigenvalue weighted by Gasteiger charge is -2.33. The number of ether oxygens (including phenoxy) is 2. The van der Waals surface area contributed by atoms with Crippen LogP contribution in [0, 0.1) is 0 Å². The van der Waals surface area contributed by atoms with Crippen LogP contribution in [0.25, 0.3) is 0 Å². The lowest BCUT2D eigenvalue weighted by atomic mass is 10.1. The van der Waals surface area contributed by atoms with Crippen molar-refractivity contribution in [2.24, 2.45) is 5.14 Å². The van der Waals surface area contributed by atoms with Gasteiger partial charge in [0, 0.05) is 24.7 Å². The summed E-state index contributed by atoms with van der Waals surface area (Å²) in [5.41, 5.74) is 1.11. The molecule has 1 aliphatic heterocycles. The highest BCUT2D eigenvalue weighted by atomic mass is 35.5. The molecule has 140 valence electrons. The molecule has 0 radical (unpaired) electrons. The van der Waals surface area contributed by atoms with Crippen LogP contribution in [0.3, 0.4) is 0 Å². The zero-order valence-electron chi connectivity index (χ0n) is 14.2. The Hall–Kier alpha value is -1.64. The molecule has 0 amide bonds. The van der Waals surface area contributed by atoms with E-state index in [9.17, 15) is 8.42 Å². The van der Waals surface area contributed by atoms with Crippen molar-refractivity contribution in [3.05, 3.63) is 59.1 Å². The van der Waals surface area contributed by atoms with E-state index in [1.807, 2.05) is 24.3 Å². The highest BCUT2D eigenvalue weighted by molar-refractivity contribution is 7.89. The maximum absolute atomic E-state index is 11.2. The van der Waals surface area contributed by atoms with Crippen LogP contribution in [-0.2, 0) is 14.8 Å². The van der Waals surface area contributed by atoms with Gasteiger partial charge in [0.25, 0.3) is 0 Å². The second-order valence-electron chi connectivity index (χ2n) is 6.08. The van der Waals surface area contributed by atoms with Gasteiger partial charge in [0.05, 0.1) is 17.6 Å². The summed E-state index contributed by atoms with van der Waals surface area (Å²) < 4.78 is 34.0. The number of benzene rings is 2. The average molecular weight is 397 g/mol. The van der Waals surface area contributed by atoms with E-state index in [1.54, 1.807) is 12.1 Å². The first-order chi connectivity index (χ1) is 12.4. The van der Waals surface area contributed by atoms with Crippen LogP contribution in [0.5, 0.6) is 5.75 Å². The molecule has 8 heteroatoms. The van der Waals surface area contributed by atoms with Crippen LogP contribution in [0.2, 0.25) is 5.02 Å². The minimum atomic E-state index is -3.68. The number of nitrogens with zero attached hydrogens (tertiary/aromatic N) is 1. The van der Waals surface area contributed by atoms with Gasteiger partial charge in [0.1, 0.15) is 12.4 Å². The minimum absolute atomic E-state index is 0.0232. The maximum atomic E-state index is 11.2. The Morgan fingerprint density at radius 2 is 1.85 bits per heavy atom. The van der Waals surface area contributed by atoms with Crippen molar-refractivity contribution in [1.29, 1.82) is 0 Å². The Kier molecular flexibility index (Phi) is 6.16. The molecule has 0 aromatic heterocycles. The van der Waals surface area contributed by atoms with Crippen LogP contribution in [-0.4, -0.2) is 46.2 Å². The van der Waals surface area contributed by atoms with Gasteiger partial charge < -0.3 is 9.47 Å². The Morgan fingerprint density at radius 3 is 2.50 bits per heavy atom. The summed E-state index contributed by atoms with van der Waals surface area (Å²) in [5.74, 6) is 0.611. The summed E-state index contributed by atoms with van der Waals surface area (Å²) in [5, 5.41) is 5.79. The monoisotopic (exact) mass is 396 g/mol. The number of hydrogen-bond donors (Lipinski definition) is 1. The van der Waals surface area contributed by atoms with Crippen molar-refractivity contribution in [1.82, 2.24) is 4.90 Å². The summed E-state index contributed by atoms with van der Waals surface area (Å²) in [6.07, 6.45) is 0.0232. The number of nitrogens with two attached hydrogens (primary N) is 1. The average Bonchev–Trinajstić information content (AvgIpc) is 2.62. The van der Waals surface area contributed by atoms with Crippen LogP contribution < -0.4 is 9.88 Å². The number of halogens is 1.